The second-order valence-electron chi connectivity index (χ2n) is 2.69. The Bertz CT molecular complexity index is 294. The van der Waals surface area contributed by atoms with Crippen molar-refractivity contribution in [1.29, 1.82) is 0 Å². The highest BCUT2D eigenvalue weighted by Gasteiger charge is 2.05. The lowest BCUT2D eigenvalue weighted by molar-refractivity contribution is 0.963. The third kappa shape index (κ3) is 2.11. The van der Waals surface area contributed by atoms with E-state index in [4.69, 9.17) is 11.6 Å². The van der Waals surface area contributed by atoms with Crippen LogP contribution in [0, 0.1) is 0 Å². The molecule has 0 spiro atoms. The standard InChI is InChI=1S/C10H10BrCl/c1-3-7(2)9-5-4-8(12)6-10(9)11/h3-7H,1H2,2H3. The first-order valence-corrected chi connectivity index (χ1v) is 4.89. The summed E-state index contributed by atoms with van der Waals surface area (Å²) in [5, 5.41) is 0.752. The average molecular weight is 246 g/mol. The maximum atomic E-state index is 5.81. The summed E-state index contributed by atoms with van der Waals surface area (Å²) in [5.41, 5.74) is 1.22. The van der Waals surface area contributed by atoms with Crippen molar-refractivity contribution >= 4 is 27.5 Å². The van der Waals surface area contributed by atoms with E-state index in [0.29, 0.717) is 5.92 Å². The SMILES string of the molecule is C=CC(C)c1ccc(Cl)cc1Br. The van der Waals surface area contributed by atoms with E-state index in [0.717, 1.165) is 9.50 Å². The summed E-state index contributed by atoms with van der Waals surface area (Å²) in [6.07, 6.45) is 1.91. The van der Waals surface area contributed by atoms with Crippen molar-refractivity contribution < 1.29 is 0 Å². The number of allylic oxidation sites excluding steroid dienone is 1. The summed E-state index contributed by atoms with van der Waals surface area (Å²) in [4.78, 5) is 0. The van der Waals surface area contributed by atoms with Crippen LogP contribution in [0.15, 0.2) is 35.3 Å². The fourth-order valence-electron chi connectivity index (χ4n) is 0.998. The van der Waals surface area contributed by atoms with E-state index < -0.39 is 0 Å². The maximum Gasteiger partial charge on any atom is 0.0417 e. The van der Waals surface area contributed by atoms with E-state index >= 15 is 0 Å². The van der Waals surface area contributed by atoms with Gasteiger partial charge in [-0.05, 0) is 23.6 Å². The van der Waals surface area contributed by atoms with E-state index in [2.05, 4.69) is 29.4 Å². The molecule has 0 amide bonds. The summed E-state index contributed by atoms with van der Waals surface area (Å²) >= 11 is 9.27. The molecule has 0 saturated heterocycles. The van der Waals surface area contributed by atoms with Crippen LogP contribution in [0.25, 0.3) is 0 Å². The van der Waals surface area contributed by atoms with Gasteiger partial charge in [0.25, 0.3) is 0 Å². The zero-order valence-electron chi connectivity index (χ0n) is 6.85. The second-order valence-corrected chi connectivity index (χ2v) is 3.98. The van der Waals surface area contributed by atoms with Gasteiger partial charge in [-0.25, -0.2) is 0 Å². The van der Waals surface area contributed by atoms with Crippen LogP contribution >= 0.6 is 27.5 Å². The highest BCUT2D eigenvalue weighted by molar-refractivity contribution is 9.10. The Hall–Kier alpha value is -0.270. The van der Waals surface area contributed by atoms with Crippen LogP contribution in [0.5, 0.6) is 0 Å². The van der Waals surface area contributed by atoms with E-state index in [1.165, 1.54) is 5.56 Å². The molecule has 64 valence electrons. The van der Waals surface area contributed by atoms with Crippen LogP contribution < -0.4 is 0 Å². The van der Waals surface area contributed by atoms with Gasteiger partial charge in [0.15, 0.2) is 0 Å². The Morgan fingerprint density at radius 1 is 1.58 bits per heavy atom. The molecule has 0 saturated carbocycles. The lowest BCUT2D eigenvalue weighted by Gasteiger charge is -2.08. The van der Waals surface area contributed by atoms with Crippen LogP contribution in [0.2, 0.25) is 5.02 Å². The van der Waals surface area contributed by atoms with Crippen molar-refractivity contribution in [3.63, 3.8) is 0 Å². The molecule has 1 unspecified atom stereocenters. The van der Waals surface area contributed by atoms with Crippen LogP contribution in [-0.4, -0.2) is 0 Å². The molecule has 0 nitrogen and oxygen atoms in total. The minimum absolute atomic E-state index is 0.358. The minimum Gasteiger partial charge on any atom is -0.102 e. The summed E-state index contributed by atoms with van der Waals surface area (Å²) in [7, 11) is 0. The molecular formula is C10H10BrCl. The summed E-state index contributed by atoms with van der Waals surface area (Å²) < 4.78 is 1.04. The van der Waals surface area contributed by atoms with Gasteiger partial charge < -0.3 is 0 Å². The number of halogens is 2. The van der Waals surface area contributed by atoms with Gasteiger partial charge in [0, 0.05) is 9.50 Å². The fraction of sp³-hybridized carbons (Fsp3) is 0.200. The van der Waals surface area contributed by atoms with Crippen molar-refractivity contribution in [1.82, 2.24) is 0 Å². The van der Waals surface area contributed by atoms with E-state index in [9.17, 15) is 0 Å². The monoisotopic (exact) mass is 244 g/mol. The fourth-order valence-corrected chi connectivity index (χ4v) is 2.04. The molecule has 0 bridgehead atoms. The topological polar surface area (TPSA) is 0 Å². The Morgan fingerprint density at radius 3 is 2.75 bits per heavy atom. The molecule has 0 aliphatic rings. The largest absolute Gasteiger partial charge is 0.102 e. The number of rotatable bonds is 2. The molecule has 0 aromatic heterocycles. The smallest absolute Gasteiger partial charge is 0.0417 e. The molecule has 12 heavy (non-hydrogen) atoms. The van der Waals surface area contributed by atoms with Gasteiger partial charge in [0.05, 0.1) is 0 Å². The predicted molar refractivity (Wildman–Crippen MR) is 57.8 cm³/mol. The third-order valence-corrected chi connectivity index (χ3v) is 2.73. The molecule has 0 heterocycles. The van der Waals surface area contributed by atoms with Crippen LogP contribution in [0.4, 0.5) is 0 Å². The van der Waals surface area contributed by atoms with E-state index in [1.807, 2.05) is 24.3 Å². The Morgan fingerprint density at radius 2 is 2.25 bits per heavy atom. The molecule has 0 radical (unpaired) electrons. The molecule has 1 aromatic rings. The molecule has 1 aromatic carbocycles. The first kappa shape index (κ1) is 9.82. The Balaban J connectivity index is 3.09. The van der Waals surface area contributed by atoms with Gasteiger partial charge in [-0.3, -0.25) is 0 Å². The van der Waals surface area contributed by atoms with Gasteiger partial charge in [-0.1, -0.05) is 46.6 Å². The summed E-state index contributed by atoms with van der Waals surface area (Å²) in [6, 6.07) is 5.80. The average Bonchev–Trinajstić information content (AvgIpc) is 2.03. The first-order chi connectivity index (χ1) is 5.65. The molecule has 0 aliphatic heterocycles. The van der Waals surface area contributed by atoms with Crippen LogP contribution in [0.3, 0.4) is 0 Å². The number of hydrogen-bond donors (Lipinski definition) is 0. The molecule has 0 fully saturated rings. The Labute approximate surface area is 86.4 Å². The highest BCUT2D eigenvalue weighted by Crippen LogP contribution is 2.27. The normalized spacial score (nSPS) is 12.6. The van der Waals surface area contributed by atoms with Gasteiger partial charge >= 0.3 is 0 Å². The van der Waals surface area contributed by atoms with Crippen LogP contribution in [-0.2, 0) is 0 Å². The van der Waals surface area contributed by atoms with E-state index in [-0.39, 0.29) is 0 Å². The zero-order chi connectivity index (χ0) is 9.14. The van der Waals surface area contributed by atoms with Crippen molar-refractivity contribution in [2.45, 2.75) is 12.8 Å². The molecule has 1 rings (SSSR count). The van der Waals surface area contributed by atoms with Crippen molar-refractivity contribution in [3.05, 3.63) is 45.9 Å². The zero-order valence-corrected chi connectivity index (χ0v) is 9.19. The predicted octanol–water partition coefficient (Wildman–Crippen LogP) is 4.39. The summed E-state index contributed by atoms with van der Waals surface area (Å²) in [6.45, 7) is 5.84. The van der Waals surface area contributed by atoms with Gasteiger partial charge in [-0.2, -0.15) is 0 Å². The van der Waals surface area contributed by atoms with Crippen molar-refractivity contribution in [2.24, 2.45) is 0 Å². The summed E-state index contributed by atoms with van der Waals surface area (Å²) in [5.74, 6) is 0.358. The van der Waals surface area contributed by atoms with Gasteiger partial charge in [0.1, 0.15) is 0 Å². The second kappa shape index (κ2) is 4.11. The number of benzene rings is 1. The minimum atomic E-state index is 0.358. The van der Waals surface area contributed by atoms with Gasteiger partial charge in [0.2, 0.25) is 0 Å². The number of hydrogen-bond acceptors (Lipinski definition) is 0. The molecule has 0 aliphatic carbocycles. The van der Waals surface area contributed by atoms with Crippen LogP contribution in [0.1, 0.15) is 18.4 Å². The molecular weight excluding hydrogens is 235 g/mol. The third-order valence-electron chi connectivity index (χ3n) is 1.81. The molecule has 2 heteroatoms. The Kier molecular flexibility index (Phi) is 3.36. The van der Waals surface area contributed by atoms with Crippen molar-refractivity contribution in [2.75, 3.05) is 0 Å². The molecule has 0 N–H and O–H groups in total. The molecule has 1 atom stereocenters. The maximum absolute atomic E-state index is 5.81. The van der Waals surface area contributed by atoms with Crippen molar-refractivity contribution in [3.8, 4) is 0 Å². The van der Waals surface area contributed by atoms with E-state index in [1.54, 1.807) is 0 Å². The lowest BCUT2D eigenvalue weighted by atomic mass is 10.0. The first-order valence-electron chi connectivity index (χ1n) is 3.72. The van der Waals surface area contributed by atoms with Gasteiger partial charge in [-0.15, -0.1) is 6.58 Å². The quantitative estimate of drug-likeness (QED) is 0.678. The lowest BCUT2D eigenvalue weighted by Crippen LogP contribution is -1.89. The highest BCUT2D eigenvalue weighted by atomic mass is 79.9.